The minimum Gasteiger partial charge on any atom is -0.381 e. The summed E-state index contributed by atoms with van der Waals surface area (Å²) < 4.78 is 5.33. The average molecular weight is 340 g/mol. The first-order valence-electron chi connectivity index (χ1n) is 7.66. The molecule has 2 atom stereocenters. The van der Waals surface area contributed by atoms with Crippen LogP contribution in [0.25, 0.3) is 0 Å². The maximum Gasteiger partial charge on any atom is 0.243 e. The van der Waals surface area contributed by atoms with Crippen molar-refractivity contribution in [2.24, 2.45) is 11.7 Å². The third-order valence-corrected chi connectivity index (χ3v) is 4.46. The lowest BCUT2D eigenvalue weighted by Gasteiger charge is -2.34. The van der Waals surface area contributed by atoms with Crippen LogP contribution in [-0.2, 0) is 14.3 Å². The summed E-state index contributed by atoms with van der Waals surface area (Å²) in [5, 5.41) is 2.81. The number of nitrogens with zero attached hydrogens (tertiary/aromatic N) is 1. The van der Waals surface area contributed by atoms with Gasteiger partial charge in [-0.05, 0) is 31.9 Å². The van der Waals surface area contributed by atoms with Gasteiger partial charge in [-0.2, -0.15) is 0 Å². The highest BCUT2D eigenvalue weighted by Crippen LogP contribution is 2.33. The zero-order valence-corrected chi connectivity index (χ0v) is 13.8. The van der Waals surface area contributed by atoms with Crippen molar-refractivity contribution >= 4 is 35.6 Å². The summed E-state index contributed by atoms with van der Waals surface area (Å²) in [5.41, 5.74) is 7.38. The van der Waals surface area contributed by atoms with Crippen molar-refractivity contribution in [1.82, 2.24) is 0 Å². The van der Waals surface area contributed by atoms with Crippen molar-refractivity contribution in [3.8, 4) is 0 Å². The molecule has 1 saturated heterocycles. The Kier molecular flexibility index (Phi) is 5.62. The van der Waals surface area contributed by atoms with Crippen molar-refractivity contribution < 1.29 is 14.3 Å². The van der Waals surface area contributed by atoms with Crippen LogP contribution in [-0.4, -0.2) is 37.1 Å². The molecule has 1 fully saturated rings. The van der Waals surface area contributed by atoms with Gasteiger partial charge in [-0.15, -0.1) is 12.4 Å². The summed E-state index contributed by atoms with van der Waals surface area (Å²) in [7, 11) is 0. The minimum absolute atomic E-state index is 0. The smallest absolute Gasteiger partial charge is 0.243 e. The highest BCUT2D eigenvalue weighted by Gasteiger charge is 2.38. The normalized spacial score (nSPS) is 25.0. The first-order valence-corrected chi connectivity index (χ1v) is 7.66. The van der Waals surface area contributed by atoms with Gasteiger partial charge < -0.3 is 20.7 Å². The van der Waals surface area contributed by atoms with E-state index >= 15 is 0 Å². The van der Waals surface area contributed by atoms with Crippen LogP contribution in [0.1, 0.15) is 19.8 Å². The fourth-order valence-corrected chi connectivity index (χ4v) is 3.07. The second kappa shape index (κ2) is 7.29. The second-order valence-corrected chi connectivity index (χ2v) is 5.87. The molecule has 3 rings (SSSR count). The number of benzene rings is 1. The standard InChI is InChI=1S/C16H21N3O3.ClH/c1-10-14(17)15(20)18-12-4-2-3-5-13(12)19(10)16(21)11-6-8-22-9-7-11;/h2-5,10-11,14H,6-9,17H2,1H3,(H,18,20);1H/t10-,14-;/m0./s1. The number of hydrogen-bond acceptors (Lipinski definition) is 4. The van der Waals surface area contributed by atoms with E-state index in [4.69, 9.17) is 10.5 Å². The number of halogens is 1. The van der Waals surface area contributed by atoms with Crippen molar-refractivity contribution in [2.45, 2.75) is 31.8 Å². The Morgan fingerprint density at radius 3 is 2.65 bits per heavy atom. The third kappa shape index (κ3) is 3.34. The Bertz CT molecular complexity index is 590. The van der Waals surface area contributed by atoms with Gasteiger partial charge in [0.1, 0.15) is 6.04 Å². The van der Waals surface area contributed by atoms with E-state index in [0.29, 0.717) is 37.4 Å². The molecule has 2 heterocycles. The van der Waals surface area contributed by atoms with Crippen LogP contribution in [0.3, 0.4) is 0 Å². The molecule has 1 aromatic rings. The molecule has 2 amide bonds. The Morgan fingerprint density at radius 1 is 1.30 bits per heavy atom. The van der Waals surface area contributed by atoms with Gasteiger partial charge in [-0.1, -0.05) is 12.1 Å². The predicted octanol–water partition coefficient (Wildman–Crippen LogP) is 1.54. The zero-order valence-electron chi connectivity index (χ0n) is 13.0. The second-order valence-electron chi connectivity index (χ2n) is 5.87. The maximum absolute atomic E-state index is 13.0. The molecule has 7 heteroatoms. The molecule has 23 heavy (non-hydrogen) atoms. The number of rotatable bonds is 1. The van der Waals surface area contributed by atoms with E-state index in [2.05, 4.69) is 5.32 Å². The van der Waals surface area contributed by atoms with Crippen molar-refractivity contribution in [2.75, 3.05) is 23.4 Å². The van der Waals surface area contributed by atoms with Gasteiger partial charge in [0.2, 0.25) is 11.8 Å². The number of amides is 2. The molecule has 0 aromatic heterocycles. The summed E-state index contributed by atoms with van der Waals surface area (Å²) >= 11 is 0. The summed E-state index contributed by atoms with van der Waals surface area (Å²) in [5.74, 6) is -0.318. The van der Waals surface area contributed by atoms with E-state index in [1.54, 1.807) is 11.0 Å². The number of carbonyl (C=O) groups is 2. The van der Waals surface area contributed by atoms with Crippen LogP contribution in [0, 0.1) is 5.92 Å². The molecule has 126 valence electrons. The van der Waals surface area contributed by atoms with Crippen molar-refractivity contribution in [3.63, 3.8) is 0 Å². The van der Waals surface area contributed by atoms with Gasteiger partial charge in [0, 0.05) is 19.1 Å². The lowest BCUT2D eigenvalue weighted by molar-refractivity contribution is -0.125. The van der Waals surface area contributed by atoms with Gasteiger partial charge in [-0.25, -0.2) is 0 Å². The summed E-state index contributed by atoms with van der Waals surface area (Å²) in [6.07, 6.45) is 1.42. The Morgan fingerprint density at radius 2 is 1.96 bits per heavy atom. The van der Waals surface area contributed by atoms with Gasteiger partial charge in [-0.3, -0.25) is 9.59 Å². The van der Waals surface area contributed by atoms with E-state index in [1.807, 2.05) is 25.1 Å². The molecule has 0 saturated carbocycles. The van der Waals surface area contributed by atoms with Crippen molar-refractivity contribution in [3.05, 3.63) is 24.3 Å². The lowest BCUT2D eigenvalue weighted by atomic mass is 9.96. The summed E-state index contributed by atoms with van der Waals surface area (Å²) in [6, 6.07) is 6.19. The number of ether oxygens (including phenoxy) is 1. The maximum atomic E-state index is 13.0. The van der Waals surface area contributed by atoms with E-state index < -0.39 is 6.04 Å². The van der Waals surface area contributed by atoms with Crippen molar-refractivity contribution in [1.29, 1.82) is 0 Å². The monoisotopic (exact) mass is 339 g/mol. The highest BCUT2D eigenvalue weighted by atomic mass is 35.5. The number of nitrogens with one attached hydrogen (secondary N) is 1. The Labute approximate surface area is 141 Å². The SMILES string of the molecule is C[C@H]1[C@H](N)C(=O)Nc2ccccc2N1C(=O)C1CCOCC1.Cl. The lowest BCUT2D eigenvalue weighted by Crippen LogP contribution is -2.54. The van der Waals surface area contributed by atoms with Crippen LogP contribution < -0.4 is 16.0 Å². The first-order chi connectivity index (χ1) is 10.6. The number of nitrogens with two attached hydrogens (primary N) is 1. The van der Waals surface area contributed by atoms with Gasteiger partial charge in [0.05, 0.1) is 17.4 Å². The molecule has 6 nitrogen and oxygen atoms in total. The molecule has 0 aliphatic carbocycles. The molecule has 2 aliphatic rings. The van der Waals surface area contributed by atoms with Crippen LogP contribution >= 0.6 is 12.4 Å². The molecule has 3 N–H and O–H groups in total. The number of carbonyl (C=O) groups excluding carboxylic acids is 2. The Balaban J connectivity index is 0.00000192. The minimum atomic E-state index is -0.754. The predicted molar refractivity (Wildman–Crippen MR) is 90.8 cm³/mol. The van der Waals surface area contributed by atoms with E-state index in [9.17, 15) is 9.59 Å². The molecule has 1 aromatic carbocycles. The zero-order chi connectivity index (χ0) is 15.7. The van der Waals surface area contributed by atoms with Crippen LogP contribution in [0.2, 0.25) is 0 Å². The van der Waals surface area contributed by atoms with E-state index in [1.165, 1.54) is 0 Å². The molecule has 0 radical (unpaired) electrons. The summed E-state index contributed by atoms with van der Waals surface area (Å²) in [4.78, 5) is 26.8. The highest BCUT2D eigenvalue weighted by molar-refractivity contribution is 6.06. The molecule has 0 unspecified atom stereocenters. The van der Waals surface area contributed by atoms with Gasteiger partial charge in [0.25, 0.3) is 0 Å². The van der Waals surface area contributed by atoms with Gasteiger partial charge in [0.15, 0.2) is 0 Å². The topological polar surface area (TPSA) is 84.7 Å². The fourth-order valence-electron chi connectivity index (χ4n) is 3.07. The largest absolute Gasteiger partial charge is 0.381 e. The van der Waals surface area contributed by atoms with Crippen LogP contribution in [0.4, 0.5) is 11.4 Å². The first kappa shape index (κ1) is 17.7. The molecular formula is C16H22ClN3O3. The molecular weight excluding hydrogens is 318 g/mol. The van der Waals surface area contributed by atoms with Crippen LogP contribution in [0.5, 0.6) is 0 Å². The van der Waals surface area contributed by atoms with Crippen LogP contribution in [0.15, 0.2) is 24.3 Å². The Hall–Kier alpha value is -1.63. The molecule has 2 aliphatic heterocycles. The quantitative estimate of drug-likeness (QED) is 0.812. The third-order valence-electron chi connectivity index (χ3n) is 4.46. The number of fused-ring (bicyclic) bond motifs is 1. The summed E-state index contributed by atoms with van der Waals surface area (Å²) in [6.45, 7) is 3.02. The van der Waals surface area contributed by atoms with E-state index in [-0.39, 0.29) is 36.2 Å². The fraction of sp³-hybridized carbons (Fsp3) is 0.500. The average Bonchev–Trinajstić information content (AvgIpc) is 2.64. The molecule has 0 spiro atoms. The number of hydrogen-bond donors (Lipinski definition) is 2. The molecule has 0 bridgehead atoms. The van der Waals surface area contributed by atoms with E-state index in [0.717, 1.165) is 0 Å². The number of anilines is 2. The number of para-hydroxylation sites is 2. The van der Waals surface area contributed by atoms with Gasteiger partial charge >= 0.3 is 0 Å².